The summed E-state index contributed by atoms with van der Waals surface area (Å²) >= 11 is 0. The summed E-state index contributed by atoms with van der Waals surface area (Å²) in [6.07, 6.45) is 2.57. The number of benzene rings is 1. The molecule has 5 heteroatoms. The van der Waals surface area contributed by atoms with Crippen LogP contribution in [0.15, 0.2) is 41.0 Å². The van der Waals surface area contributed by atoms with Crippen molar-refractivity contribution < 1.29 is 19.0 Å². The van der Waals surface area contributed by atoms with Gasteiger partial charge in [-0.25, -0.2) is 0 Å². The maximum Gasteiger partial charge on any atom is 0.129 e. The Morgan fingerprint density at radius 1 is 1.33 bits per heavy atom. The summed E-state index contributed by atoms with van der Waals surface area (Å²) in [5.74, 6) is 1.85. The number of phenolic OH excluding ortho intramolecular Hbond substituents is 1. The SMILES string of the molecule is Oc1ccc2c(c1)OCC2NCCCOCc1ccco1. The number of hydrogen-bond acceptors (Lipinski definition) is 5. The van der Waals surface area contributed by atoms with Gasteiger partial charge in [0.1, 0.15) is 30.5 Å². The van der Waals surface area contributed by atoms with Crippen LogP contribution >= 0.6 is 0 Å². The fourth-order valence-corrected chi connectivity index (χ4v) is 2.39. The van der Waals surface area contributed by atoms with E-state index < -0.39 is 0 Å². The Hall–Kier alpha value is -1.98. The summed E-state index contributed by atoms with van der Waals surface area (Å²) in [5.41, 5.74) is 1.10. The Bertz CT molecular complexity index is 568. The Balaban J connectivity index is 1.35. The van der Waals surface area contributed by atoms with E-state index in [9.17, 15) is 5.11 Å². The molecule has 1 atom stereocenters. The molecule has 0 saturated heterocycles. The molecule has 0 aliphatic carbocycles. The molecule has 2 N–H and O–H groups in total. The first kappa shape index (κ1) is 14.0. The normalized spacial score (nSPS) is 16.7. The van der Waals surface area contributed by atoms with Gasteiger partial charge in [0.25, 0.3) is 0 Å². The summed E-state index contributed by atoms with van der Waals surface area (Å²) in [6, 6.07) is 9.20. The van der Waals surface area contributed by atoms with E-state index in [-0.39, 0.29) is 11.8 Å². The van der Waals surface area contributed by atoms with Gasteiger partial charge < -0.3 is 24.3 Å². The predicted octanol–water partition coefficient (Wildman–Crippen LogP) is 2.62. The first-order valence-corrected chi connectivity index (χ1v) is 7.12. The highest BCUT2D eigenvalue weighted by Gasteiger charge is 2.23. The Morgan fingerprint density at radius 2 is 2.29 bits per heavy atom. The lowest BCUT2D eigenvalue weighted by atomic mass is 10.1. The molecular weight excluding hydrogens is 270 g/mol. The number of ether oxygens (including phenoxy) is 2. The monoisotopic (exact) mass is 289 g/mol. The lowest BCUT2D eigenvalue weighted by Gasteiger charge is -2.11. The zero-order valence-corrected chi connectivity index (χ0v) is 11.7. The summed E-state index contributed by atoms with van der Waals surface area (Å²) in [7, 11) is 0. The number of phenols is 1. The van der Waals surface area contributed by atoms with E-state index in [0.29, 0.717) is 19.8 Å². The second-order valence-electron chi connectivity index (χ2n) is 5.03. The minimum Gasteiger partial charge on any atom is -0.508 e. The van der Waals surface area contributed by atoms with Gasteiger partial charge in [-0.05, 0) is 37.2 Å². The van der Waals surface area contributed by atoms with Crippen molar-refractivity contribution in [2.45, 2.75) is 19.1 Å². The van der Waals surface area contributed by atoms with Crippen LogP contribution in [0.25, 0.3) is 0 Å². The second kappa shape index (κ2) is 6.65. The molecule has 1 aromatic carbocycles. The summed E-state index contributed by atoms with van der Waals surface area (Å²) in [6.45, 7) is 2.66. The van der Waals surface area contributed by atoms with Gasteiger partial charge in [0.2, 0.25) is 0 Å². The molecule has 0 spiro atoms. The van der Waals surface area contributed by atoms with Gasteiger partial charge >= 0.3 is 0 Å². The zero-order chi connectivity index (χ0) is 14.5. The number of hydrogen-bond donors (Lipinski definition) is 2. The number of fused-ring (bicyclic) bond motifs is 1. The van der Waals surface area contributed by atoms with Crippen LogP contribution in [0.1, 0.15) is 23.8 Å². The van der Waals surface area contributed by atoms with Gasteiger partial charge in [-0.2, -0.15) is 0 Å². The topological polar surface area (TPSA) is 63.9 Å². The van der Waals surface area contributed by atoms with Gasteiger partial charge in [-0.1, -0.05) is 0 Å². The minimum atomic E-state index is 0.186. The molecule has 21 heavy (non-hydrogen) atoms. The third-order valence-electron chi connectivity index (χ3n) is 3.46. The van der Waals surface area contributed by atoms with E-state index in [1.54, 1.807) is 18.4 Å². The van der Waals surface area contributed by atoms with Gasteiger partial charge in [0.05, 0.1) is 12.3 Å². The Morgan fingerprint density at radius 3 is 3.14 bits per heavy atom. The van der Waals surface area contributed by atoms with E-state index in [4.69, 9.17) is 13.9 Å². The molecule has 112 valence electrons. The Kier molecular flexibility index (Phi) is 4.43. The van der Waals surface area contributed by atoms with Crippen molar-refractivity contribution in [2.75, 3.05) is 19.8 Å². The number of aromatic hydroxyl groups is 1. The molecule has 0 bridgehead atoms. The van der Waals surface area contributed by atoms with Crippen LogP contribution in [0.5, 0.6) is 11.5 Å². The van der Waals surface area contributed by atoms with Crippen LogP contribution in [0.3, 0.4) is 0 Å². The minimum absolute atomic E-state index is 0.186. The summed E-state index contributed by atoms with van der Waals surface area (Å²) in [5, 5.41) is 12.9. The highest BCUT2D eigenvalue weighted by molar-refractivity contribution is 5.44. The van der Waals surface area contributed by atoms with Crippen molar-refractivity contribution >= 4 is 0 Å². The highest BCUT2D eigenvalue weighted by atomic mass is 16.5. The molecule has 3 rings (SSSR count). The molecule has 1 aliphatic rings. The third kappa shape index (κ3) is 3.56. The average molecular weight is 289 g/mol. The van der Waals surface area contributed by atoms with Gasteiger partial charge in [0, 0.05) is 18.2 Å². The van der Waals surface area contributed by atoms with Crippen molar-refractivity contribution in [3.05, 3.63) is 47.9 Å². The lowest BCUT2D eigenvalue weighted by Crippen LogP contribution is -2.24. The van der Waals surface area contributed by atoms with Crippen molar-refractivity contribution in [3.8, 4) is 11.5 Å². The van der Waals surface area contributed by atoms with Crippen LogP contribution in [0.2, 0.25) is 0 Å². The van der Waals surface area contributed by atoms with Crippen LogP contribution in [0, 0.1) is 0 Å². The van der Waals surface area contributed by atoms with Gasteiger partial charge in [0.15, 0.2) is 0 Å². The number of nitrogens with one attached hydrogen (secondary N) is 1. The molecule has 1 aliphatic heterocycles. The Labute approximate surface area is 123 Å². The van der Waals surface area contributed by atoms with Gasteiger partial charge in [-0.15, -0.1) is 0 Å². The van der Waals surface area contributed by atoms with Crippen molar-refractivity contribution in [1.82, 2.24) is 5.32 Å². The quantitative estimate of drug-likeness (QED) is 0.767. The smallest absolute Gasteiger partial charge is 0.129 e. The number of rotatable bonds is 7. The van der Waals surface area contributed by atoms with Gasteiger partial charge in [-0.3, -0.25) is 0 Å². The molecule has 2 aromatic rings. The molecule has 0 fully saturated rings. The fraction of sp³-hybridized carbons (Fsp3) is 0.375. The molecule has 0 radical (unpaired) electrons. The summed E-state index contributed by atoms with van der Waals surface area (Å²) in [4.78, 5) is 0. The van der Waals surface area contributed by atoms with E-state index in [0.717, 1.165) is 30.0 Å². The zero-order valence-electron chi connectivity index (χ0n) is 11.7. The first-order chi connectivity index (χ1) is 10.3. The lowest BCUT2D eigenvalue weighted by molar-refractivity contribution is 0.103. The van der Waals surface area contributed by atoms with Crippen molar-refractivity contribution in [2.24, 2.45) is 0 Å². The first-order valence-electron chi connectivity index (χ1n) is 7.12. The second-order valence-corrected chi connectivity index (χ2v) is 5.03. The fourth-order valence-electron chi connectivity index (χ4n) is 2.39. The molecular formula is C16H19NO4. The van der Waals surface area contributed by atoms with E-state index in [1.165, 1.54) is 0 Å². The standard InChI is InChI=1S/C16H19NO4/c18-12-4-5-14-15(11-21-16(14)9-12)17-6-2-7-19-10-13-3-1-8-20-13/h1,3-5,8-9,15,17-18H,2,6-7,10-11H2. The van der Waals surface area contributed by atoms with Crippen LogP contribution in [0.4, 0.5) is 0 Å². The molecule has 2 heterocycles. The van der Waals surface area contributed by atoms with Crippen molar-refractivity contribution in [1.29, 1.82) is 0 Å². The van der Waals surface area contributed by atoms with Crippen molar-refractivity contribution in [3.63, 3.8) is 0 Å². The molecule has 1 unspecified atom stereocenters. The molecule has 0 amide bonds. The maximum atomic E-state index is 9.41. The van der Waals surface area contributed by atoms with E-state index >= 15 is 0 Å². The number of furan rings is 1. The van der Waals surface area contributed by atoms with Crippen LogP contribution in [-0.2, 0) is 11.3 Å². The maximum absolute atomic E-state index is 9.41. The predicted molar refractivity (Wildman–Crippen MR) is 77.3 cm³/mol. The average Bonchev–Trinajstić information content (AvgIpc) is 3.12. The van der Waals surface area contributed by atoms with Crippen LogP contribution in [-0.4, -0.2) is 24.9 Å². The third-order valence-corrected chi connectivity index (χ3v) is 3.46. The summed E-state index contributed by atoms with van der Waals surface area (Å²) < 4.78 is 16.3. The van der Waals surface area contributed by atoms with E-state index in [1.807, 2.05) is 18.2 Å². The molecule has 5 nitrogen and oxygen atoms in total. The highest BCUT2D eigenvalue weighted by Crippen LogP contribution is 2.34. The van der Waals surface area contributed by atoms with E-state index in [2.05, 4.69) is 5.32 Å². The van der Waals surface area contributed by atoms with Crippen LogP contribution < -0.4 is 10.1 Å². The molecule has 0 saturated carbocycles. The molecule has 1 aromatic heterocycles. The largest absolute Gasteiger partial charge is 0.508 e.